The molecule has 0 amide bonds. The lowest BCUT2D eigenvalue weighted by molar-refractivity contribution is 0.366. The molecule has 2 aromatic heterocycles. The number of nitrogens with zero attached hydrogens (tertiary/aromatic N) is 3. The molecule has 0 atom stereocenters. The summed E-state index contributed by atoms with van der Waals surface area (Å²) < 4.78 is 2.18. The molecule has 17 heavy (non-hydrogen) atoms. The molecule has 4 heteroatoms. The Morgan fingerprint density at radius 2 is 2.12 bits per heavy atom. The van der Waals surface area contributed by atoms with Crippen LogP contribution in [0.15, 0.2) is 18.2 Å². The van der Waals surface area contributed by atoms with Crippen LogP contribution in [0.1, 0.15) is 24.4 Å². The van der Waals surface area contributed by atoms with Crippen LogP contribution in [0.2, 0.25) is 0 Å². The monoisotopic (exact) mass is 230 g/mol. The fourth-order valence-corrected chi connectivity index (χ4v) is 2.65. The van der Waals surface area contributed by atoms with E-state index >= 15 is 0 Å². The third kappa shape index (κ3) is 2.05. The van der Waals surface area contributed by atoms with Crippen LogP contribution < -0.4 is 5.32 Å². The van der Waals surface area contributed by atoms with E-state index in [2.05, 4.69) is 32.9 Å². The van der Waals surface area contributed by atoms with Crippen molar-refractivity contribution in [1.82, 2.24) is 19.9 Å². The summed E-state index contributed by atoms with van der Waals surface area (Å²) in [7, 11) is 0. The van der Waals surface area contributed by atoms with Crippen LogP contribution in [-0.2, 0) is 6.42 Å². The van der Waals surface area contributed by atoms with Crippen molar-refractivity contribution in [2.24, 2.45) is 5.92 Å². The second-order valence-electron chi connectivity index (χ2n) is 4.87. The van der Waals surface area contributed by atoms with Gasteiger partial charge in [-0.2, -0.15) is 0 Å². The maximum Gasteiger partial charge on any atom is 0.160 e. The van der Waals surface area contributed by atoms with Crippen molar-refractivity contribution in [2.45, 2.75) is 26.2 Å². The highest BCUT2D eigenvalue weighted by Gasteiger charge is 2.17. The fourth-order valence-electron chi connectivity index (χ4n) is 2.65. The van der Waals surface area contributed by atoms with Gasteiger partial charge >= 0.3 is 0 Å². The first kappa shape index (κ1) is 10.7. The number of piperidine rings is 1. The number of hydrogen-bond donors (Lipinski definition) is 1. The van der Waals surface area contributed by atoms with Crippen LogP contribution >= 0.6 is 0 Å². The van der Waals surface area contributed by atoms with E-state index in [1.165, 1.54) is 18.5 Å². The minimum Gasteiger partial charge on any atom is -0.317 e. The molecular weight excluding hydrogens is 212 g/mol. The maximum absolute atomic E-state index is 4.34. The lowest BCUT2D eigenvalue weighted by Gasteiger charge is -2.21. The van der Waals surface area contributed by atoms with Crippen molar-refractivity contribution < 1.29 is 0 Å². The van der Waals surface area contributed by atoms with Crippen molar-refractivity contribution in [3.63, 3.8) is 0 Å². The number of pyridine rings is 1. The van der Waals surface area contributed by atoms with Crippen molar-refractivity contribution in [3.05, 3.63) is 29.7 Å². The SMILES string of the molecule is Cc1cccc2nnc(CC3CCNCC3)n12. The standard InChI is InChI=1S/C13H18N4/c1-10-3-2-4-12-15-16-13(17(10)12)9-11-5-7-14-8-6-11/h2-4,11,14H,5-9H2,1H3. The molecule has 0 bridgehead atoms. The van der Waals surface area contributed by atoms with Gasteiger partial charge in [-0.25, -0.2) is 0 Å². The van der Waals surface area contributed by atoms with Gasteiger partial charge in [0, 0.05) is 12.1 Å². The summed E-state index contributed by atoms with van der Waals surface area (Å²) in [5.74, 6) is 1.87. The van der Waals surface area contributed by atoms with Crippen molar-refractivity contribution >= 4 is 5.65 Å². The zero-order valence-corrected chi connectivity index (χ0v) is 10.2. The predicted octanol–water partition coefficient (Wildman–Crippen LogP) is 1.58. The summed E-state index contributed by atoms with van der Waals surface area (Å²) in [6.07, 6.45) is 3.55. The first-order chi connectivity index (χ1) is 8.34. The smallest absolute Gasteiger partial charge is 0.160 e. The van der Waals surface area contributed by atoms with Gasteiger partial charge < -0.3 is 5.32 Å². The van der Waals surface area contributed by atoms with Gasteiger partial charge in [0.25, 0.3) is 0 Å². The summed E-state index contributed by atoms with van der Waals surface area (Å²) in [5, 5.41) is 12.0. The van der Waals surface area contributed by atoms with Gasteiger partial charge in [-0.1, -0.05) is 6.07 Å². The first-order valence-corrected chi connectivity index (χ1v) is 6.35. The molecule has 1 saturated heterocycles. The van der Waals surface area contributed by atoms with Crippen molar-refractivity contribution in [2.75, 3.05) is 13.1 Å². The second kappa shape index (κ2) is 4.45. The number of fused-ring (bicyclic) bond motifs is 1. The molecule has 1 fully saturated rings. The zero-order chi connectivity index (χ0) is 11.7. The van der Waals surface area contributed by atoms with Gasteiger partial charge in [-0.15, -0.1) is 10.2 Å². The van der Waals surface area contributed by atoms with Crippen LogP contribution in [-0.4, -0.2) is 27.7 Å². The Balaban J connectivity index is 1.89. The molecule has 1 aliphatic rings. The summed E-state index contributed by atoms with van der Waals surface area (Å²) in [6.45, 7) is 4.39. The van der Waals surface area contributed by atoms with Gasteiger partial charge in [0.15, 0.2) is 5.65 Å². The Morgan fingerprint density at radius 3 is 2.94 bits per heavy atom. The molecule has 3 rings (SSSR count). The molecule has 2 aromatic rings. The summed E-state index contributed by atoms with van der Waals surface area (Å²) in [6, 6.07) is 6.17. The molecule has 0 radical (unpaired) electrons. The molecule has 0 aliphatic carbocycles. The van der Waals surface area contributed by atoms with Crippen LogP contribution in [0, 0.1) is 12.8 Å². The normalized spacial score (nSPS) is 17.7. The molecule has 0 unspecified atom stereocenters. The summed E-state index contributed by atoms with van der Waals surface area (Å²) in [5.41, 5.74) is 2.19. The van der Waals surface area contributed by atoms with E-state index in [0.717, 1.165) is 36.9 Å². The fraction of sp³-hybridized carbons (Fsp3) is 0.538. The highest BCUT2D eigenvalue weighted by molar-refractivity contribution is 5.39. The summed E-state index contributed by atoms with van der Waals surface area (Å²) >= 11 is 0. The van der Waals surface area contributed by atoms with E-state index in [-0.39, 0.29) is 0 Å². The van der Waals surface area contributed by atoms with Crippen LogP contribution in [0.3, 0.4) is 0 Å². The van der Waals surface area contributed by atoms with Gasteiger partial charge in [0.1, 0.15) is 5.82 Å². The highest BCUT2D eigenvalue weighted by Crippen LogP contribution is 2.18. The van der Waals surface area contributed by atoms with E-state index in [4.69, 9.17) is 0 Å². The Hall–Kier alpha value is -1.42. The van der Waals surface area contributed by atoms with E-state index in [1.54, 1.807) is 0 Å². The van der Waals surface area contributed by atoms with E-state index < -0.39 is 0 Å². The van der Waals surface area contributed by atoms with Crippen LogP contribution in [0.5, 0.6) is 0 Å². The topological polar surface area (TPSA) is 42.2 Å². The number of rotatable bonds is 2. The molecule has 1 aliphatic heterocycles. The number of hydrogen-bond acceptors (Lipinski definition) is 3. The maximum atomic E-state index is 4.34. The number of aromatic nitrogens is 3. The predicted molar refractivity (Wildman–Crippen MR) is 67.0 cm³/mol. The molecule has 3 heterocycles. The van der Waals surface area contributed by atoms with Gasteiger partial charge in [-0.3, -0.25) is 4.40 Å². The lowest BCUT2D eigenvalue weighted by atomic mass is 9.94. The van der Waals surface area contributed by atoms with Gasteiger partial charge in [0.05, 0.1) is 0 Å². The minimum atomic E-state index is 0.753. The third-order valence-electron chi connectivity index (χ3n) is 3.62. The molecule has 4 nitrogen and oxygen atoms in total. The molecule has 1 N–H and O–H groups in total. The quantitative estimate of drug-likeness (QED) is 0.851. The molecule has 90 valence electrons. The molecule has 0 spiro atoms. The van der Waals surface area contributed by atoms with Crippen LogP contribution in [0.4, 0.5) is 0 Å². The molecular formula is C13H18N4. The average Bonchev–Trinajstić information content (AvgIpc) is 2.75. The second-order valence-corrected chi connectivity index (χ2v) is 4.87. The Kier molecular flexibility index (Phi) is 2.81. The minimum absolute atomic E-state index is 0.753. The van der Waals surface area contributed by atoms with E-state index in [0.29, 0.717) is 0 Å². The number of nitrogens with one attached hydrogen (secondary N) is 1. The van der Waals surface area contributed by atoms with Gasteiger partial charge in [0.2, 0.25) is 0 Å². The summed E-state index contributed by atoms with van der Waals surface area (Å²) in [4.78, 5) is 0. The lowest BCUT2D eigenvalue weighted by Crippen LogP contribution is -2.29. The largest absolute Gasteiger partial charge is 0.317 e. The van der Waals surface area contributed by atoms with E-state index in [9.17, 15) is 0 Å². The Labute approximate surface area is 101 Å². The first-order valence-electron chi connectivity index (χ1n) is 6.35. The molecule has 0 aromatic carbocycles. The Bertz CT molecular complexity index is 511. The van der Waals surface area contributed by atoms with Gasteiger partial charge in [-0.05, 0) is 50.9 Å². The third-order valence-corrected chi connectivity index (χ3v) is 3.62. The molecule has 0 saturated carbocycles. The highest BCUT2D eigenvalue weighted by atomic mass is 15.2. The average molecular weight is 230 g/mol. The number of aryl methyl sites for hydroxylation is 1. The zero-order valence-electron chi connectivity index (χ0n) is 10.2. The Morgan fingerprint density at radius 1 is 1.29 bits per heavy atom. The van der Waals surface area contributed by atoms with Crippen LogP contribution in [0.25, 0.3) is 5.65 Å². The van der Waals surface area contributed by atoms with Crippen molar-refractivity contribution in [1.29, 1.82) is 0 Å². The van der Waals surface area contributed by atoms with Crippen molar-refractivity contribution in [3.8, 4) is 0 Å². The van der Waals surface area contributed by atoms with E-state index in [1.807, 2.05) is 12.1 Å².